The maximum Gasteiger partial charge on any atom is 0.190 e. The standard InChI is InChI=1S/C14H27N3O2.HI/c1-15-14(17-10-12-5-6-12)16-7-3-8-18-11-13-4-2-9-19-13;/h12-13H,2-11H2,1H3,(H2,15,16,17);1H. The molecule has 1 aliphatic heterocycles. The van der Waals surface area contributed by atoms with Crippen LogP contribution in [0.5, 0.6) is 0 Å². The molecule has 20 heavy (non-hydrogen) atoms. The van der Waals surface area contributed by atoms with Crippen molar-refractivity contribution in [1.82, 2.24) is 10.6 Å². The topological polar surface area (TPSA) is 54.9 Å². The second kappa shape index (κ2) is 10.6. The molecule has 1 saturated carbocycles. The van der Waals surface area contributed by atoms with Gasteiger partial charge in [0.15, 0.2) is 5.96 Å². The molecule has 0 spiro atoms. The lowest BCUT2D eigenvalue weighted by Crippen LogP contribution is -2.39. The first-order valence-corrected chi connectivity index (χ1v) is 7.52. The Morgan fingerprint density at radius 1 is 1.30 bits per heavy atom. The van der Waals surface area contributed by atoms with Gasteiger partial charge in [-0.25, -0.2) is 0 Å². The van der Waals surface area contributed by atoms with Crippen LogP contribution in [0.4, 0.5) is 0 Å². The van der Waals surface area contributed by atoms with Gasteiger partial charge >= 0.3 is 0 Å². The van der Waals surface area contributed by atoms with Gasteiger partial charge in [-0.1, -0.05) is 0 Å². The van der Waals surface area contributed by atoms with Crippen LogP contribution >= 0.6 is 24.0 Å². The average molecular weight is 397 g/mol. The largest absolute Gasteiger partial charge is 0.379 e. The molecule has 118 valence electrons. The van der Waals surface area contributed by atoms with Gasteiger partial charge in [0.25, 0.3) is 0 Å². The van der Waals surface area contributed by atoms with E-state index in [0.717, 1.165) is 57.6 Å². The minimum atomic E-state index is 0. The van der Waals surface area contributed by atoms with Crippen LogP contribution in [0, 0.1) is 5.92 Å². The summed E-state index contributed by atoms with van der Waals surface area (Å²) in [5.41, 5.74) is 0. The lowest BCUT2D eigenvalue weighted by atomic mass is 10.2. The molecule has 1 atom stereocenters. The van der Waals surface area contributed by atoms with Crippen LogP contribution in [-0.4, -0.2) is 52.0 Å². The summed E-state index contributed by atoms with van der Waals surface area (Å²) in [7, 11) is 1.82. The SMILES string of the molecule is CN=C(NCCCOCC1CCCO1)NCC1CC1.I. The minimum Gasteiger partial charge on any atom is -0.379 e. The first-order chi connectivity index (χ1) is 9.38. The van der Waals surface area contributed by atoms with Crippen molar-refractivity contribution in [2.75, 3.05) is 40.0 Å². The average Bonchev–Trinajstić information content (AvgIpc) is 3.11. The van der Waals surface area contributed by atoms with Crippen LogP contribution < -0.4 is 10.6 Å². The number of nitrogens with zero attached hydrogens (tertiary/aromatic N) is 1. The number of guanidine groups is 1. The molecule has 0 aromatic rings. The van der Waals surface area contributed by atoms with Gasteiger partial charge < -0.3 is 20.1 Å². The van der Waals surface area contributed by atoms with Crippen molar-refractivity contribution in [3.8, 4) is 0 Å². The molecule has 1 aliphatic carbocycles. The Hall–Kier alpha value is -0.0800. The molecule has 2 aliphatic rings. The molecule has 2 rings (SSSR count). The lowest BCUT2D eigenvalue weighted by molar-refractivity contribution is 0.0168. The van der Waals surface area contributed by atoms with E-state index >= 15 is 0 Å². The van der Waals surface area contributed by atoms with Gasteiger partial charge in [0.05, 0.1) is 12.7 Å². The second-order valence-corrected chi connectivity index (χ2v) is 5.39. The summed E-state index contributed by atoms with van der Waals surface area (Å²) in [5.74, 6) is 1.78. The summed E-state index contributed by atoms with van der Waals surface area (Å²) in [6.45, 7) is 4.38. The number of hydrogen-bond donors (Lipinski definition) is 2. The van der Waals surface area contributed by atoms with Crippen molar-refractivity contribution in [3.63, 3.8) is 0 Å². The number of aliphatic imine (C=N–C) groups is 1. The zero-order valence-electron chi connectivity index (χ0n) is 12.4. The predicted molar refractivity (Wildman–Crippen MR) is 91.9 cm³/mol. The molecule has 0 bridgehead atoms. The molecule has 2 fully saturated rings. The summed E-state index contributed by atoms with van der Waals surface area (Å²) in [6, 6.07) is 0. The van der Waals surface area contributed by atoms with E-state index in [4.69, 9.17) is 9.47 Å². The molecule has 1 heterocycles. The Morgan fingerprint density at radius 2 is 2.15 bits per heavy atom. The highest BCUT2D eigenvalue weighted by Gasteiger charge is 2.20. The van der Waals surface area contributed by atoms with Gasteiger partial charge in [0.2, 0.25) is 0 Å². The maximum atomic E-state index is 5.62. The normalized spacial score (nSPS) is 22.4. The smallest absolute Gasteiger partial charge is 0.190 e. The molecule has 2 N–H and O–H groups in total. The minimum absolute atomic E-state index is 0. The highest BCUT2D eigenvalue weighted by atomic mass is 127. The van der Waals surface area contributed by atoms with Crippen molar-refractivity contribution < 1.29 is 9.47 Å². The first-order valence-electron chi connectivity index (χ1n) is 7.52. The van der Waals surface area contributed by atoms with Crippen LogP contribution in [0.2, 0.25) is 0 Å². The quantitative estimate of drug-likeness (QED) is 0.284. The Bertz CT molecular complexity index is 280. The predicted octanol–water partition coefficient (Wildman–Crippen LogP) is 1.77. The molecule has 0 amide bonds. The molecule has 5 nitrogen and oxygen atoms in total. The number of halogens is 1. The number of ether oxygens (including phenoxy) is 2. The molecule has 0 aromatic carbocycles. The molecule has 1 saturated heterocycles. The summed E-state index contributed by atoms with van der Waals surface area (Å²) in [6.07, 6.45) is 6.38. The summed E-state index contributed by atoms with van der Waals surface area (Å²) < 4.78 is 11.1. The second-order valence-electron chi connectivity index (χ2n) is 5.39. The van der Waals surface area contributed by atoms with Crippen molar-refractivity contribution in [2.24, 2.45) is 10.9 Å². The Labute approximate surface area is 139 Å². The number of hydrogen-bond acceptors (Lipinski definition) is 3. The third-order valence-corrected chi connectivity index (χ3v) is 3.56. The van der Waals surface area contributed by atoms with E-state index in [1.54, 1.807) is 0 Å². The first kappa shape index (κ1) is 18.0. The van der Waals surface area contributed by atoms with E-state index in [9.17, 15) is 0 Å². The fourth-order valence-electron chi connectivity index (χ4n) is 2.16. The molecule has 1 unspecified atom stereocenters. The number of nitrogens with one attached hydrogen (secondary N) is 2. The van der Waals surface area contributed by atoms with Crippen molar-refractivity contribution in [2.45, 2.75) is 38.2 Å². The monoisotopic (exact) mass is 397 g/mol. The maximum absolute atomic E-state index is 5.62. The van der Waals surface area contributed by atoms with Gasteiger partial charge in [-0.05, 0) is 38.0 Å². The Balaban J connectivity index is 0.00000200. The summed E-state index contributed by atoms with van der Waals surface area (Å²) in [5, 5.41) is 6.65. The van der Waals surface area contributed by atoms with Crippen molar-refractivity contribution >= 4 is 29.9 Å². The van der Waals surface area contributed by atoms with Gasteiger partial charge in [-0.2, -0.15) is 0 Å². The van der Waals surface area contributed by atoms with E-state index in [2.05, 4.69) is 15.6 Å². The summed E-state index contributed by atoms with van der Waals surface area (Å²) >= 11 is 0. The van der Waals surface area contributed by atoms with Crippen molar-refractivity contribution in [3.05, 3.63) is 0 Å². The van der Waals surface area contributed by atoms with Gasteiger partial charge in [-0.15, -0.1) is 24.0 Å². The molecule has 0 radical (unpaired) electrons. The van der Waals surface area contributed by atoms with E-state index in [0.29, 0.717) is 6.10 Å². The highest BCUT2D eigenvalue weighted by Crippen LogP contribution is 2.27. The molecular formula is C14H28IN3O2. The fourth-order valence-corrected chi connectivity index (χ4v) is 2.16. The van der Waals surface area contributed by atoms with Crippen LogP contribution in [0.25, 0.3) is 0 Å². The van der Waals surface area contributed by atoms with Crippen LogP contribution in [-0.2, 0) is 9.47 Å². The van der Waals surface area contributed by atoms with Gasteiger partial charge in [0, 0.05) is 33.4 Å². The third-order valence-electron chi connectivity index (χ3n) is 3.56. The van der Waals surface area contributed by atoms with Crippen LogP contribution in [0.3, 0.4) is 0 Å². The van der Waals surface area contributed by atoms with Crippen LogP contribution in [0.1, 0.15) is 32.1 Å². The number of rotatable bonds is 8. The van der Waals surface area contributed by atoms with Gasteiger partial charge in [0.1, 0.15) is 0 Å². The lowest BCUT2D eigenvalue weighted by Gasteiger charge is -2.12. The molecular weight excluding hydrogens is 369 g/mol. The van der Waals surface area contributed by atoms with Crippen molar-refractivity contribution in [1.29, 1.82) is 0 Å². The molecule has 0 aromatic heterocycles. The highest BCUT2D eigenvalue weighted by molar-refractivity contribution is 14.0. The zero-order chi connectivity index (χ0) is 13.3. The van der Waals surface area contributed by atoms with Gasteiger partial charge in [-0.3, -0.25) is 4.99 Å². The summed E-state index contributed by atoms with van der Waals surface area (Å²) in [4.78, 5) is 4.20. The van der Waals surface area contributed by atoms with E-state index < -0.39 is 0 Å². The van der Waals surface area contributed by atoms with E-state index in [-0.39, 0.29) is 24.0 Å². The Morgan fingerprint density at radius 3 is 2.80 bits per heavy atom. The third kappa shape index (κ3) is 7.64. The van der Waals surface area contributed by atoms with Crippen LogP contribution in [0.15, 0.2) is 4.99 Å². The van der Waals surface area contributed by atoms with E-state index in [1.807, 2.05) is 7.05 Å². The zero-order valence-corrected chi connectivity index (χ0v) is 14.7. The molecule has 6 heteroatoms. The Kier molecular flexibility index (Phi) is 9.54. The fraction of sp³-hybridized carbons (Fsp3) is 0.929. The van der Waals surface area contributed by atoms with E-state index in [1.165, 1.54) is 19.3 Å².